The summed E-state index contributed by atoms with van der Waals surface area (Å²) in [6, 6.07) is 3.54. The molecule has 0 saturated carbocycles. The predicted octanol–water partition coefficient (Wildman–Crippen LogP) is 4.40. The second-order valence-corrected chi connectivity index (χ2v) is 8.59. The smallest absolute Gasteiger partial charge is 0.254 e. The van der Waals surface area contributed by atoms with Gasteiger partial charge in [-0.05, 0) is 56.5 Å². The molecule has 0 bridgehead atoms. The predicted molar refractivity (Wildman–Crippen MR) is 128 cm³/mol. The number of unbranched alkanes of at least 4 members (excludes halogenated alkanes) is 6. The van der Waals surface area contributed by atoms with Gasteiger partial charge in [0.1, 0.15) is 0 Å². The average molecular weight is 434 g/mol. The number of aliphatic hydroxyl groups is 1. The Balaban J connectivity index is 2.88. The summed E-state index contributed by atoms with van der Waals surface area (Å²) in [6.45, 7) is 11.9. The summed E-state index contributed by atoms with van der Waals surface area (Å²) in [5.74, 6) is -0.800. The van der Waals surface area contributed by atoms with Crippen LogP contribution >= 0.6 is 0 Å². The molecule has 1 atom stereocenters. The van der Waals surface area contributed by atoms with E-state index in [0.29, 0.717) is 18.5 Å². The van der Waals surface area contributed by atoms with Crippen molar-refractivity contribution in [1.29, 1.82) is 0 Å². The second-order valence-electron chi connectivity index (χ2n) is 8.59. The maximum absolute atomic E-state index is 12.4. The van der Waals surface area contributed by atoms with Crippen LogP contribution in [0.15, 0.2) is 12.1 Å². The topological polar surface area (TPSA) is 95.7 Å². The molecule has 0 radical (unpaired) electrons. The number of carbonyl (C=O) groups is 2. The molecule has 1 aromatic carbocycles. The number of nitrogens with two attached hydrogens (primary N) is 1. The Kier molecular flexibility index (Phi) is 11.8. The number of aryl methyl sites for hydroxylation is 2. The van der Waals surface area contributed by atoms with E-state index in [1.54, 1.807) is 12.1 Å². The molecule has 0 aliphatic carbocycles. The minimum Gasteiger partial charge on any atom is -0.375 e. The molecule has 0 aliphatic rings. The number of primary amides is 1. The fraction of sp³-hybridized carbons (Fsp3) is 0.680. The second kappa shape index (κ2) is 13.5. The van der Waals surface area contributed by atoms with Crippen LogP contribution in [-0.4, -0.2) is 41.5 Å². The molecule has 2 amide bonds. The van der Waals surface area contributed by atoms with E-state index in [0.717, 1.165) is 49.2 Å². The number of hydrogen-bond donors (Lipinski definition) is 3. The van der Waals surface area contributed by atoms with Crippen molar-refractivity contribution in [2.45, 2.75) is 91.6 Å². The molecule has 0 fully saturated rings. The van der Waals surface area contributed by atoms with Crippen LogP contribution in [-0.2, 0) is 15.2 Å². The molecule has 6 heteroatoms. The van der Waals surface area contributed by atoms with Crippen LogP contribution in [0.4, 0.5) is 5.69 Å². The molecule has 176 valence electrons. The molecule has 6 nitrogen and oxygen atoms in total. The van der Waals surface area contributed by atoms with Crippen molar-refractivity contribution < 1.29 is 14.7 Å². The van der Waals surface area contributed by atoms with Crippen LogP contribution in [0, 0.1) is 13.8 Å². The van der Waals surface area contributed by atoms with Crippen molar-refractivity contribution in [3.05, 3.63) is 28.8 Å². The lowest BCUT2D eigenvalue weighted by Crippen LogP contribution is -2.41. The largest absolute Gasteiger partial charge is 0.375 e. The first-order valence-corrected chi connectivity index (χ1v) is 11.9. The molecule has 4 N–H and O–H groups in total. The Hall–Kier alpha value is -1.92. The van der Waals surface area contributed by atoms with E-state index in [-0.39, 0.29) is 5.91 Å². The summed E-state index contributed by atoms with van der Waals surface area (Å²) >= 11 is 0. The lowest BCUT2D eigenvalue weighted by molar-refractivity contribution is -0.138. The molecule has 31 heavy (non-hydrogen) atoms. The average Bonchev–Trinajstić information content (AvgIpc) is 2.73. The van der Waals surface area contributed by atoms with E-state index in [1.807, 2.05) is 32.6 Å². The number of rotatable bonds is 15. The standard InChI is InChI=1S/C25H43N3O3/c1-6-9-10-11-12-13-14-15-25(31,24(26)30)21-16-19(4)23(20(5)17-21)27-22(29)18-28(7-2)8-3/h16-17,31H,6-15,18H2,1-5H3,(H2,26,30)(H,27,29). The zero-order valence-electron chi connectivity index (χ0n) is 20.2. The molecule has 0 aliphatic heterocycles. The Labute approximate surface area is 188 Å². The SMILES string of the molecule is CCCCCCCCCC(O)(C(N)=O)c1cc(C)c(NC(=O)CN(CC)CC)c(C)c1. The van der Waals surface area contributed by atoms with Crippen LogP contribution in [0.3, 0.4) is 0 Å². The van der Waals surface area contributed by atoms with Crippen LogP contribution in [0.1, 0.15) is 88.8 Å². The summed E-state index contributed by atoms with van der Waals surface area (Å²) < 4.78 is 0. The van der Waals surface area contributed by atoms with E-state index in [2.05, 4.69) is 12.2 Å². The summed E-state index contributed by atoms with van der Waals surface area (Å²) in [6.07, 6.45) is 8.00. The van der Waals surface area contributed by atoms with E-state index in [4.69, 9.17) is 5.73 Å². The van der Waals surface area contributed by atoms with Gasteiger partial charge in [0.15, 0.2) is 5.60 Å². The van der Waals surface area contributed by atoms with Crippen LogP contribution in [0.2, 0.25) is 0 Å². The van der Waals surface area contributed by atoms with Crippen molar-refractivity contribution >= 4 is 17.5 Å². The summed E-state index contributed by atoms with van der Waals surface area (Å²) in [4.78, 5) is 26.7. The molecule has 1 rings (SSSR count). The number of nitrogens with zero attached hydrogens (tertiary/aromatic N) is 1. The fourth-order valence-electron chi connectivity index (χ4n) is 3.98. The normalized spacial score (nSPS) is 13.3. The van der Waals surface area contributed by atoms with Gasteiger partial charge in [0.25, 0.3) is 5.91 Å². The zero-order chi connectivity index (χ0) is 23.4. The third-order valence-electron chi connectivity index (χ3n) is 6.09. The maximum Gasteiger partial charge on any atom is 0.254 e. The molecule has 0 heterocycles. The number of anilines is 1. The minimum atomic E-state index is -1.69. The summed E-state index contributed by atoms with van der Waals surface area (Å²) in [7, 11) is 0. The Bertz CT molecular complexity index is 693. The van der Waals surface area contributed by atoms with Crippen molar-refractivity contribution in [3.63, 3.8) is 0 Å². The number of hydrogen-bond acceptors (Lipinski definition) is 4. The first kappa shape index (κ1) is 27.1. The van der Waals surface area contributed by atoms with Crippen LogP contribution in [0.5, 0.6) is 0 Å². The van der Waals surface area contributed by atoms with Crippen molar-refractivity contribution in [1.82, 2.24) is 4.90 Å². The van der Waals surface area contributed by atoms with E-state index in [1.165, 1.54) is 25.7 Å². The monoisotopic (exact) mass is 433 g/mol. The Morgan fingerprint density at radius 3 is 1.97 bits per heavy atom. The van der Waals surface area contributed by atoms with Gasteiger partial charge in [-0.2, -0.15) is 0 Å². The highest BCUT2D eigenvalue weighted by molar-refractivity contribution is 5.94. The number of nitrogens with one attached hydrogen (secondary N) is 1. The minimum absolute atomic E-state index is 0.0733. The summed E-state index contributed by atoms with van der Waals surface area (Å²) in [5, 5.41) is 14.1. The molecule has 0 saturated heterocycles. The van der Waals surface area contributed by atoms with Gasteiger partial charge in [-0.15, -0.1) is 0 Å². The van der Waals surface area contributed by atoms with E-state index in [9.17, 15) is 14.7 Å². The molecular formula is C25H43N3O3. The van der Waals surface area contributed by atoms with Crippen LogP contribution < -0.4 is 11.1 Å². The number of likely N-dealkylation sites (N-methyl/N-ethyl adjacent to an activating group) is 1. The highest BCUT2D eigenvalue weighted by Gasteiger charge is 2.36. The summed E-state index contributed by atoms with van der Waals surface area (Å²) in [5.41, 5.74) is 6.78. The number of benzene rings is 1. The molecule has 0 spiro atoms. The quantitative estimate of drug-likeness (QED) is 0.357. The molecule has 0 aromatic heterocycles. The number of carbonyl (C=O) groups excluding carboxylic acids is 2. The first-order valence-electron chi connectivity index (χ1n) is 11.9. The van der Waals surface area contributed by atoms with Crippen molar-refractivity contribution in [2.24, 2.45) is 5.73 Å². The molecular weight excluding hydrogens is 390 g/mol. The van der Waals surface area contributed by atoms with Gasteiger partial charge < -0.3 is 16.2 Å². The number of amides is 2. The Morgan fingerprint density at radius 1 is 0.968 bits per heavy atom. The van der Waals surface area contributed by atoms with Gasteiger partial charge in [-0.1, -0.05) is 71.4 Å². The Morgan fingerprint density at radius 2 is 1.48 bits per heavy atom. The first-order chi connectivity index (χ1) is 14.7. The lowest BCUT2D eigenvalue weighted by atomic mass is 9.85. The van der Waals surface area contributed by atoms with Crippen molar-refractivity contribution in [3.8, 4) is 0 Å². The van der Waals surface area contributed by atoms with Gasteiger partial charge in [0.05, 0.1) is 6.54 Å². The van der Waals surface area contributed by atoms with E-state index < -0.39 is 11.5 Å². The van der Waals surface area contributed by atoms with Gasteiger partial charge in [0.2, 0.25) is 5.91 Å². The van der Waals surface area contributed by atoms with Gasteiger partial charge in [0, 0.05) is 5.69 Å². The third-order valence-corrected chi connectivity index (χ3v) is 6.09. The van der Waals surface area contributed by atoms with Gasteiger partial charge in [-0.3, -0.25) is 14.5 Å². The van der Waals surface area contributed by atoms with Crippen molar-refractivity contribution in [2.75, 3.05) is 25.0 Å². The highest BCUT2D eigenvalue weighted by atomic mass is 16.3. The van der Waals surface area contributed by atoms with Gasteiger partial charge in [-0.25, -0.2) is 0 Å². The maximum atomic E-state index is 12.4. The highest BCUT2D eigenvalue weighted by Crippen LogP contribution is 2.32. The van der Waals surface area contributed by atoms with Crippen LogP contribution in [0.25, 0.3) is 0 Å². The van der Waals surface area contributed by atoms with Gasteiger partial charge >= 0.3 is 0 Å². The molecule has 1 aromatic rings. The zero-order valence-corrected chi connectivity index (χ0v) is 20.2. The van der Waals surface area contributed by atoms with E-state index >= 15 is 0 Å². The molecule has 1 unspecified atom stereocenters. The fourth-order valence-corrected chi connectivity index (χ4v) is 3.98. The third kappa shape index (κ3) is 8.26. The lowest BCUT2D eigenvalue weighted by Gasteiger charge is -2.27.